The summed E-state index contributed by atoms with van der Waals surface area (Å²) in [6.45, 7) is 4.72. The van der Waals surface area contributed by atoms with Gasteiger partial charge in [-0.25, -0.2) is 0 Å². The Morgan fingerprint density at radius 1 is 1.25 bits per heavy atom. The number of nitrogens with one attached hydrogen (secondary N) is 1. The number of ether oxygens (including phenoxy) is 1. The minimum Gasteiger partial charge on any atom is -0.455 e. The van der Waals surface area contributed by atoms with E-state index in [-0.39, 0.29) is 0 Å². The van der Waals surface area contributed by atoms with Crippen molar-refractivity contribution in [3.05, 3.63) is 47.5 Å². The van der Waals surface area contributed by atoms with Crippen LogP contribution in [0.25, 0.3) is 0 Å². The molecule has 1 saturated carbocycles. The molecule has 0 bridgehead atoms. The van der Waals surface area contributed by atoms with E-state index in [0.717, 1.165) is 35.0 Å². The minimum atomic E-state index is 0.671. The minimum absolute atomic E-state index is 0.671. The molecule has 0 atom stereocenters. The Morgan fingerprint density at radius 2 is 2.10 bits per heavy atom. The van der Waals surface area contributed by atoms with Gasteiger partial charge in [0.1, 0.15) is 11.5 Å². The smallest absolute Gasteiger partial charge is 0.148 e. The number of pyridine rings is 2. The zero-order chi connectivity index (χ0) is 13.9. The number of aromatic nitrogens is 2. The summed E-state index contributed by atoms with van der Waals surface area (Å²) in [5, 5.41) is 3.50. The van der Waals surface area contributed by atoms with Gasteiger partial charge in [-0.1, -0.05) is 0 Å². The van der Waals surface area contributed by atoms with E-state index < -0.39 is 0 Å². The number of hydrogen-bond donors (Lipinski definition) is 1. The number of aryl methyl sites for hydroxylation is 2. The molecule has 0 amide bonds. The maximum atomic E-state index is 6.03. The Labute approximate surface area is 119 Å². The van der Waals surface area contributed by atoms with Crippen LogP contribution >= 0.6 is 0 Å². The van der Waals surface area contributed by atoms with Crippen molar-refractivity contribution in [1.82, 2.24) is 15.3 Å². The van der Waals surface area contributed by atoms with E-state index >= 15 is 0 Å². The largest absolute Gasteiger partial charge is 0.455 e. The number of nitrogens with zero attached hydrogens (tertiary/aromatic N) is 2. The summed E-state index contributed by atoms with van der Waals surface area (Å²) in [4.78, 5) is 8.62. The first kappa shape index (κ1) is 13.1. The Kier molecular flexibility index (Phi) is 3.65. The predicted molar refractivity (Wildman–Crippen MR) is 77.9 cm³/mol. The highest BCUT2D eigenvalue weighted by Gasteiger charge is 2.21. The van der Waals surface area contributed by atoms with Crippen molar-refractivity contribution >= 4 is 0 Å². The van der Waals surface area contributed by atoms with E-state index in [9.17, 15) is 0 Å². The fourth-order valence-electron chi connectivity index (χ4n) is 2.03. The van der Waals surface area contributed by atoms with E-state index in [1.807, 2.05) is 38.2 Å². The van der Waals surface area contributed by atoms with Gasteiger partial charge >= 0.3 is 0 Å². The summed E-state index contributed by atoms with van der Waals surface area (Å²) >= 11 is 0. The van der Waals surface area contributed by atoms with Crippen LogP contribution < -0.4 is 10.1 Å². The lowest BCUT2D eigenvalue weighted by Gasteiger charge is -2.13. The normalized spacial score (nSPS) is 14.3. The summed E-state index contributed by atoms with van der Waals surface area (Å²) in [5.74, 6) is 1.66. The molecule has 0 aliphatic heterocycles. The second-order valence-corrected chi connectivity index (χ2v) is 5.28. The molecule has 3 rings (SSSR count). The summed E-state index contributed by atoms with van der Waals surface area (Å²) in [6.07, 6.45) is 6.22. The highest BCUT2D eigenvalue weighted by Crippen LogP contribution is 2.28. The fourth-order valence-corrected chi connectivity index (χ4v) is 2.03. The van der Waals surface area contributed by atoms with E-state index in [1.165, 1.54) is 12.8 Å². The van der Waals surface area contributed by atoms with Crippen LogP contribution in [-0.4, -0.2) is 16.0 Å². The van der Waals surface area contributed by atoms with Crippen LogP contribution in [0.15, 0.2) is 30.6 Å². The third kappa shape index (κ3) is 3.14. The predicted octanol–water partition coefficient (Wildman–Crippen LogP) is 3.14. The van der Waals surface area contributed by atoms with E-state index in [1.54, 1.807) is 6.20 Å². The van der Waals surface area contributed by atoms with Gasteiger partial charge in [0.2, 0.25) is 0 Å². The average molecular weight is 269 g/mol. The molecule has 104 valence electrons. The zero-order valence-electron chi connectivity index (χ0n) is 11.9. The standard InChI is InChI=1S/C16H19N3O/c1-11-8-16(20-15-4-3-7-17-12(15)2)13(9-18-11)10-19-14-5-6-14/h3-4,7-9,14,19H,5-6,10H2,1-2H3. The lowest BCUT2D eigenvalue weighted by Crippen LogP contribution is -2.16. The highest BCUT2D eigenvalue weighted by atomic mass is 16.5. The van der Waals surface area contributed by atoms with Crippen molar-refractivity contribution in [2.45, 2.75) is 39.3 Å². The van der Waals surface area contributed by atoms with E-state index in [0.29, 0.717) is 6.04 Å². The topological polar surface area (TPSA) is 47.0 Å². The molecule has 20 heavy (non-hydrogen) atoms. The van der Waals surface area contributed by atoms with Crippen molar-refractivity contribution in [2.75, 3.05) is 0 Å². The van der Waals surface area contributed by atoms with Crippen LogP contribution in [0, 0.1) is 13.8 Å². The molecule has 2 aromatic rings. The first-order valence-electron chi connectivity index (χ1n) is 7.01. The highest BCUT2D eigenvalue weighted by molar-refractivity contribution is 5.38. The van der Waals surface area contributed by atoms with Gasteiger partial charge in [0.25, 0.3) is 0 Å². The summed E-state index contributed by atoms with van der Waals surface area (Å²) in [7, 11) is 0. The first-order valence-corrected chi connectivity index (χ1v) is 7.01. The fraction of sp³-hybridized carbons (Fsp3) is 0.375. The SMILES string of the molecule is Cc1cc(Oc2cccnc2C)c(CNC2CC2)cn1. The molecular weight excluding hydrogens is 250 g/mol. The van der Waals surface area contributed by atoms with Crippen molar-refractivity contribution < 1.29 is 4.74 Å². The van der Waals surface area contributed by atoms with Crippen LogP contribution in [0.4, 0.5) is 0 Å². The van der Waals surface area contributed by atoms with Crippen LogP contribution in [0.3, 0.4) is 0 Å². The molecule has 1 aliphatic rings. The average Bonchev–Trinajstić information content (AvgIpc) is 3.25. The third-order valence-electron chi connectivity index (χ3n) is 3.42. The van der Waals surface area contributed by atoms with E-state index in [4.69, 9.17) is 4.74 Å². The Balaban J connectivity index is 1.82. The van der Waals surface area contributed by atoms with Crippen LogP contribution in [0.5, 0.6) is 11.5 Å². The quantitative estimate of drug-likeness (QED) is 0.906. The van der Waals surface area contributed by atoms with Gasteiger partial charge in [0.15, 0.2) is 0 Å². The first-order chi connectivity index (χ1) is 9.72. The number of rotatable bonds is 5. The molecule has 4 nitrogen and oxygen atoms in total. The Hall–Kier alpha value is -1.94. The summed E-state index contributed by atoms with van der Waals surface area (Å²) < 4.78 is 6.03. The Morgan fingerprint density at radius 3 is 2.85 bits per heavy atom. The zero-order valence-corrected chi connectivity index (χ0v) is 11.9. The van der Waals surface area contributed by atoms with Crippen molar-refractivity contribution in [2.24, 2.45) is 0 Å². The molecule has 0 spiro atoms. The molecule has 4 heteroatoms. The molecule has 2 heterocycles. The molecule has 0 radical (unpaired) electrons. The van der Waals surface area contributed by atoms with Gasteiger partial charge in [-0.05, 0) is 38.8 Å². The second-order valence-electron chi connectivity index (χ2n) is 5.28. The van der Waals surface area contributed by atoms with Gasteiger partial charge < -0.3 is 10.1 Å². The number of hydrogen-bond acceptors (Lipinski definition) is 4. The Bertz CT molecular complexity index is 608. The second kappa shape index (κ2) is 5.59. The summed E-state index contributed by atoms with van der Waals surface area (Å²) in [5.41, 5.74) is 2.94. The molecule has 1 N–H and O–H groups in total. The lowest BCUT2D eigenvalue weighted by atomic mass is 10.2. The molecule has 0 aromatic carbocycles. The van der Waals surface area contributed by atoms with Crippen LogP contribution in [0.2, 0.25) is 0 Å². The van der Waals surface area contributed by atoms with Crippen molar-refractivity contribution in [3.8, 4) is 11.5 Å². The van der Waals surface area contributed by atoms with Gasteiger partial charge in [0.05, 0.1) is 5.69 Å². The molecule has 2 aromatic heterocycles. The third-order valence-corrected chi connectivity index (χ3v) is 3.42. The maximum absolute atomic E-state index is 6.03. The summed E-state index contributed by atoms with van der Waals surface area (Å²) in [6, 6.07) is 6.48. The lowest BCUT2D eigenvalue weighted by molar-refractivity contribution is 0.464. The van der Waals surface area contributed by atoms with Crippen LogP contribution in [0.1, 0.15) is 29.8 Å². The monoisotopic (exact) mass is 269 g/mol. The molecule has 1 fully saturated rings. The van der Waals surface area contributed by atoms with Gasteiger partial charge in [-0.2, -0.15) is 0 Å². The molecule has 0 unspecified atom stereocenters. The molecule has 1 aliphatic carbocycles. The van der Waals surface area contributed by atoms with E-state index in [2.05, 4.69) is 15.3 Å². The van der Waals surface area contributed by atoms with Gasteiger partial charge in [0, 0.05) is 42.3 Å². The van der Waals surface area contributed by atoms with Gasteiger partial charge in [-0.3, -0.25) is 9.97 Å². The van der Waals surface area contributed by atoms with Crippen LogP contribution in [-0.2, 0) is 6.54 Å². The molecule has 0 saturated heterocycles. The molecular formula is C16H19N3O. The van der Waals surface area contributed by atoms with Crippen molar-refractivity contribution in [1.29, 1.82) is 0 Å². The van der Waals surface area contributed by atoms with Crippen molar-refractivity contribution in [3.63, 3.8) is 0 Å². The van der Waals surface area contributed by atoms with Gasteiger partial charge in [-0.15, -0.1) is 0 Å². The maximum Gasteiger partial charge on any atom is 0.148 e.